The van der Waals surface area contributed by atoms with E-state index in [0.717, 1.165) is 0 Å². The molecule has 0 radical (unpaired) electrons. The maximum atomic E-state index is 11.6. The summed E-state index contributed by atoms with van der Waals surface area (Å²) in [4.78, 5) is 23.1. The molecule has 0 bridgehead atoms. The molecular weight excluding hydrogens is 228 g/mol. The number of methoxy groups -OCH3 is 1. The molecule has 0 atom stereocenters. The maximum Gasteiger partial charge on any atom is 0.338 e. The Labute approximate surface area is 99.4 Å². The highest BCUT2D eigenvalue weighted by molar-refractivity contribution is 6.18. The van der Waals surface area contributed by atoms with Crippen molar-refractivity contribution in [3.63, 3.8) is 0 Å². The van der Waals surface area contributed by atoms with Gasteiger partial charge in [0.1, 0.15) is 0 Å². The number of Topliss-reactive ketones (excluding diaryl/α,β-unsaturated/α-hetero) is 1. The summed E-state index contributed by atoms with van der Waals surface area (Å²) in [6.07, 6.45) is 0.383. The quantitative estimate of drug-likeness (QED) is 0.462. The van der Waals surface area contributed by atoms with Gasteiger partial charge in [0.05, 0.1) is 12.7 Å². The first-order chi connectivity index (χ1) is 7.65. The Morgan fingerprint density at radius 3 is 2.44 bits per heavy atom. The number of alkyl halides is 1. The van der Waals surface area contributed by atoms with Gasteiger partial charge in [0.2, 0.25) is 0 Å². The number of rotatable bonds is 4. The molecule has 4 heteroatoms. The van der Waals surface area contributed by atoms with Crippen molar-refractivity contribution in [2.75, 3.05) is 7.11 Å². The van der Waals surface area contributed by atoms with Crippen LogP contribution in [-0.2, 0) is 10.6 Å². The summed E-state index contributed by atoms with van der Waals surface area (Å²) in [5.74, 6) is -0.380. The van der Waals surface area contributed by atoms with E-state index in [0.29, 0.717) is 23.1 Å². The molecule has 0 aromatic heterocycles. The lowest BCUT2D eigenvalue weighted by Crippen LogP contribution is -2.10. The van der Waals surface area contributed by atoms with E-state index >= 15 is 0 Å². The first kappa shape index (κ1) is 12.7. The van der Waals surface area contributed by atoms with Gasteiger partial charge < -0.3 is 4.74 Å². The van der Waals surface area contributed by atoms with Crippen molar-refractivity contribution in [1.82, 2.24) is 0 Å². The van der Waals surface area contributed by atoms with Gasteiger partial charge in [0.25, 0.3) is 0 Å². The molecule has 0 N–H and O–H groups in total. The van der Waals surface area contributed by atoms with Gasteiger partial charge in [-0.1, -0.05) is 19.1 Å². The Bertz CT molecular complexity index is 378. The number of carbonyl (C=O) groups excluding carboxylic acids is 2. The van der Waals surface area contributed by atoms with E-state index in [1.165, 1.54) is 7.11 Å². The summed E-state index contributed by atoms with van der Waals surface area (Å²) in [6.45, 7) is 1.77. The van der Waals surface area contributed by atoms with Crippen molar-refractivity contribution in [3.05, 3.63) is 34.9 Å². The van der Waals surface area contributed by atoms with Gasteiger partial charge in [-0.3, -0.25) is 4.79 Å². The van der Waals surface area contributed by atoms with Crippen LogP contribution in [0.4, 0.5) is 0 Å². The Balaban J connectivity index is 3.31. The molecule has 86 valence electrons. The summed E-state index contributed by atoms with van der Waals surface area (Å²) in [6, 6.07) is 4.94. The zero-order valence-corrected chi connectivity index (χ0v) is 10.0. The number of hydrogen-bond donors (Lipinski definition) is 0. The number of hydrogen-bond acceptors (Lipinski definition) is 3. The molecule has 0 heterocycles. The van der Waals surface area contributed by atoms with Crippen molar-refractivity contribution in [3.8, 4) is 0 Å². The van der Waals surface area contributed by atoms with Gasteiger partial charge in [0.15, 0.2) is 5.78 Å². The molecular formula is C12H13ClO3. The van der Waals surface area contributed by atoms with E-state index in [1.807, 2.05) is 0 Å². The summed E-state index contributed by atoms with van der Waals surface area (Å²) in [5.41, 5.74) is 1.40. The van der Waals surface area contributed by atoms with Crippen molar-refractivity contribution in [1.29, 1.82) is 0 Å². The third-order valence-electron chi connectivity index (χ3n) is 2.34. The highest BCUT2D eigenvalue weighted by atomic mass is 35.5. The zero-order valence-electron chi connectivity index (χ0n) is 9.25. The third kappa shape index (κ3) is 2.42. The van der Waals surface area contributed by atoms with Crippen LogP contribution < -0.4 is 0 Å². The second kappa shape index (κ2) is 5.66. The van der Waals surface area contributed by atoms with Crippen LogP contribution >= 0.6 is 11.6 Å². The number of benzene rings is 1. The topological polar surface area (TPSA) is 43.4 Å². The number of esters is 1. The minimum atomic E-state index is -0.471. The molecule has 1 aromatic carbocycles. The average Bonchev–Trinajstić information content (AvgIpc) is 2.35. The van der Waals surface area contributed by atoms with Crippen LogP contribution in [-0.4, -0.2) is 18.9 Å². The van der Waals surface area contributed by atoms with Crippen LogP contribution in [0.15, 0.2) is 18.2 Å². The van der Waals surface area contributed by atoms with Gasteiger partial charge in [0, 0.05) is 17.9 Å². The van der Waals surface area contributed by atoms with Gasteiger partial charge in [-0.15, -0.1) is 11.6 Å². The lowest BCUT2D eigenvalue weighted by atomic mass is 9.98. The Morgan fingerprint density at radius 1 is 1.31 bits per heavy atom. The van der Waals surface area contributed by atoms with Crippen LogP contribution in [0.25, 0.3) is 0 Å². The van der Waals surface area contributed by atoms with Crippen molar-refractivity contribution in [2.24, 2.45) is 0 Å². The van der Waals surface area contributed by atoms with Gasteiger partial charge >= 0.3 is 5.97 Å². The molecule has 0 aliphatic heterocycles. The second-order valence-electron chi connectivity index (χ2n) is 3.23. The predicted octanol–water partition coefficient (Wildman–Crippen LogP) is 2.80. The van der Waals surface area contributed by atoms with E-state index in [2.05, 4.69) is 4.74 Å². The van der Waals surface area contributed by atoms with E-state index in [-0.39, 0.29) is 11.7 Å². The SMILES string of the molecule is CCC(=O)c1cccc(C(=O)OC)c1CCl. The largest absolute Gasteiger partial charge is 0.465 e. The monoisotopic (exact) mass is 240 g/mol. The normalized spacial score (nSPS) is 9.94. The number of halogens is 1. The van der Waals surface area contributed by atoms with Crippen molar-refractivity contribution in [2.45, 2.75) is 19.2 Å². The molecule has 0 amide bonds. The number of ketones is 1. The molecule has 0 fully saturated rings. The second-order valence-corrected chi connectivity index (χ2v) is 3.50. The molecule has 1 rings (SSSR count). The maximum absolute atomic E-state index is 11.6. The molecule has 0 aliphatic rings. The summed E-state index contributed by atoms with van der Waals surface area (Å²) in [7, 11) is 1.30. The molecule has 0 saturated carbocycles. The lowest BCUT2D eigenvalue weighted by molar-refractivity contribution is 0.0600. The average molecular weight is 241 g/mol. The zero-order chi connectivity index (χ0) is 12.1. The lowest BCUT2D eigenvalue weighted by Gasteiger charge is -2.09. The minimum absolute atomic E-state index is 0.0265. The third-order valence-corrected chi connectivity index (χ3v) is 2.60. The molecule has 0 saturated heterocycles. The summed E-state index contributed by atoms with van der Waals surface area (Å²) in [5, 5.41) is 0. The van der Waals surface area contributed by atoms with Gasteiger partial charge in [-0.2, -0.15) is 0 Å². The van der Waals surface area contributed by atoms with Gasteiger partial charge in [-0.05, 0) is 11.6 Å². The summed E-state index contributed by atoms with van der Waals surface area (Å²) < 4.78 is 4.64. The predicted molar refractivity (Wildman–Crippen MR) is 62.0 cm³/mol. The molecule has 0 spiro atoms. The molecule has 1 aromatic rings. The van der Waals surface area contributed by atoms with Crippen molar-refractivity contribution < 1.29 is 14.3 Å². The molecule has 0 aliphatic carbocycles. The van der Waals surface area contributed by atoms with Crippen molar-refractivity contribution >= 4 is 23.4 Å². The summed E-state index contributed by atoms with van der Waals surface area (Å²) >= 11 is 5.78. The van der Waals surface area contributed by atoms with E-state index < -0.39 is 5.97 Å². The van der Waals surface area contributed by atoms with E-state index in [1.54, 1.807) is 25.1 Å². The molecule has 16 heavy (non-hydrogen) atoms. The standard InChI is InChI=1S/C12H13ClO3/c1-3-11(14)8-5-4-6-9(10(8)7-13)12(15)16-2/h4-6H,3,7H2,1-2H3. The number of carbonyl (C=O) groups is 2. The highest BCUT2D eigenvalue weighted by Crippen LogP contribution is 2.19. The van der Waals surface area contributed by atoms with Crippen LogP contribution in [0.5, 0.6) is 0 Å². The Morgan fingerprint density at radius 2 is 1.94 bits per heavy atom. The molecule has 0 unspecified atom stereocenters. The van der Waals surface area contributed by atoms with E-state index in [9.17, 15) is 9.59 Å². The van der Waals surface area contributed by atoms with Crippen LogP contribution in [0.2, 0.25) is 0 Å². The van der Waals surface area contributed by atoms with Crippen LogP contribution in [0, 0.1) is 0 Å². The fraction of sp³-hybridized carbons (Fsp3) is 0.333. The van der Waals surface area contributed by atoms with Crippen LogP contribution in [0.1, 0.15) is 39.6 Å². The minimum Gasteiger partial charge on any atom is -0.465 e. The molecule has 3 nitrogen and oxygen atoms in total. The fourth-order valence-corrected chi connectivity index (χ4v) is 1.77. The van der Waals surface area contributed by atoms with E-state index in [4.69, 9.17) is 11.6 Å². The first-order valence-corrected chi connectivity index (χ1v) is 5.48. The van der Waals surface area contributed by atoms with Gasteiger partial charge in [-0.25, -0.2) is 4.79 Å². The van der Waals surface area contributed by atoms with Crippen LogP contribution in [0.3, 0.4) is 0 Å². The number of ether oxygens (including phenoxy) is 1. The Kier molecular flexibility index (Phi) is 4.50. The Hall–Kier alpha value is -1.35. The fourth-order valence-electron chi connectivity index (χ4n) is 1.48. The smallest absolute Gasteiger partial charge is 0.338 e. The highest BCUT2D eigenvalue weighted by Gasteiger charge is 2.17. The first-order valence-electron chi connectivity index (χ1n) is 4.95.